The van der Waals surface area contributed by atoms with Crippen LogP contribution in [0.5, 0.6) is 11.6 Å². The number of carbonyl (C=O) groups is 2. The molecule has 0 saturated carbocycles. The number of aromatic nitrogens is 4. The van der Waals surface area contributed by atoms with Crippen molar-refractivity contribution in [3.8, 4) is 45.3 Å². The third kappa shape index (κ3) is 6.80. The number of ether oxygens (including phenoxy) is 2. The van der Waals surface area contributed by atoms with Crippen molar-refractivity contribution in [3.05, 3.63) is 82.4 Å². The van der Waals surface area contributed by atoms with E-state index in [1.54, 1.807) is 27.3 Å². The highest BCUT2D eigenvalue weighted by atomic mass is 35.5. The van der Waals surface area contributed by atoms with Gasteiger partial charge in [-0.25, -0.2) is 9.97 Å². The third-order valence-electron chi connectivity index (χ3n) is 10.4. The van der Waals surface area contributed by atoms with Crippen molar-refractivity contribution in [1.29, 1.82) is 0 Å². The fourth-order valence-corrected chi connectivity index (χ4v) is 8.48. The summed E-state index contributed by atoms with van der Waals surface area (Å²) in [6.07, 6.45) is 7.11. The Morgan fingerprint density at radius 3 is 2.53 bits per heavy atom. The van der Waals surface area contributed by atoms with E-state index in [2.05, 4.69) is 20.5 Å². The van der Waals surface area contributed by atoms with Crippen LogP contribution < -0.4 is 20.1 Å². The number of carbonyl (C=O) groups excluding carboxylic acids is 2. The topological polar surface area (TPSA) is 126 Å². The molecule has 2 N–H and O–H groups in total. The number of halogens is 2. The average Bonchev–Trinajstić information content (AvgIpc) is 3.73. The van der Waals surface area contributed by atoms with Gasteiger partial charge in [0, 0.05) is 117 Å². The second-order valence-corrected chi connectivity index (χ2v) is 15.0. The highest BCUT2D eigenvalue weighted by Gasteiger charge is 2.52. The minimum absolute atomic E-state index is 0.0969. The first kappa shape index (κ1) is 35.3. The van der Waals surface area contributed by atoms with E-state index in [1.807, 2.05) is 64.2 Å². The van der Waals surface area contributed by atoms with Crippen molar-refractivity contribution in [3.63, 3.8) is 0 Å². The summed E-state index contributed by atoms with van der Waals surface area (Å²) in [5, 5.41) is 7.33. The van der Waals surface area contributed by atoms with Gasteiger partial charge in [-0.2, -0.15) is 0 Å². The highest BCUT2D eigenvalue weighted by Crippen LogP contribution is 2.43. The maximum Gasteiger partial charge on any atom is 0.220 e. The first-order valence-electron chi connectivity index (χ1n) is 17.7. The second kappa shape index (κ2) is 14.2. The molecule has 7 heterocycles. The van der Waals surface area contributed by atoms with Gasteiger partial charge in [-0.05, 0) is 24.6 Å². The van der Waals surface area contributed by atoms with Gasteiger partial charge >= 0.3 is 0 Å². The van der Waals surface area contributed by atoms with Gasteiger partial charge in [0.05, 0.1) is 41.3 Å². The lowest BCUT2D eigenvalue weighted by Crippen LogP contribution is -2.72. The molecule has 1 atom stereocenters. The van der Waals surface area contributed by atoms with Gasteiger partial charge in [0.2, 0.25) is 17.7 Å². The van der Waals surface area contributed by atoms with Crippen LogP contribution in [0.1, 0.15) is 31.0 Å². The number of hydrogen-bond acceptors (Lipinski definition) is 9. The number of rotatable bonds is 11. The molecule has 0 aliphatic carbocycles. The molecule has 3 aliphatic rings. The van der Waals surface area contributed by atoms with Crippen LogP contribution in [0.2, 0.25) is 10.0 Å². The van der Waals surface area contributed by atoms with Gasteiger partial charge in [0.1, 0.15) is 0 Å². The molecular formula is C39H40Cl2N8O4. The molecule has 1 unspecified atom stereocenters. The Labute approximate surface area is 317 Å². The fourth-order valence-electron chi connectivity index (χ4n) is 7.84. The molecular weight excluding hydrogens is 715 g/mol. The zero-order valence-corrected chi connectivity index (χ0v) is 31.3. The Hall–Kier alpha value is -4.75. The molecule has 0 radical (unpaired) electrons. The normalized spacial score (nSPS) is 17.9. The first-order chi connectivity index (χ1) is 25.6. The van der Waals surface area contributed by atoms with Gasteiger partial charge in [-0.3, -0.25) is 19.5 Å². The molecule has 3 aliphatic heterocycles. The number of hydrogen-bond donors (Lipinski definition) is 2. The molecule has 14 heteroatoms. The van der Waals surface area contributed by atoms with E-state index in [9.17, 15) is 9.59 Å². The van der Waals surface area contributed by atoms with Crippen LogP contribution >= 0.6 is 23.2 Å². The van der Waals surface area contributed by atoms with Crippen molar-refractivity contribution in [2.24, 2.45) is 5.41 Å². The lowest BCUT2D eigenvalue weighted by molar-refractivity contribution is -0.157. The van der Waals surface area contributed by atoms with E-state index in [0.29, 0.717) is 64.8 Å². The second-order valence-electron chi connectivity index (χ2n) is 14.3. The van der Waals surface area contributed by atoms with Crippen molar-refractivity contribution in [2.75, 3.05) is 46.9 Å². The zero-order valence-electron chi connectivity index (χ0n) is 29.8. The molecule has 1 spiro atoms. The lowest BCUT2D eigenvalue weighted by atomic mass is 9.73. The molecule has 1 aromatic carbocycles. The van der Waals surface area contributed by atoms with Crippen LogP contribution in [0.25, 0.3) is 39.3 Å². The Kier molecular flexibility index (Phi) is 9.48. The van der Waals surface area contributed by atoms with Gasteiger partial charge in [0.15, 0.2) is 11.4 Å². The molecule has 0 bridgehead atoms. The summed E-state index contributed by atoms with van der Waals surface area (Å²) in [7, 11) is 3.23. The largest absolute Gasteiger partial charge is 0.493 e. The van der Waals surface area contributed by atoms with E-state index in [0.717, 1.165) is 66.1 Å². The zero-order chi connectivity index (χ0) is 36.9. The Morgan fingerprint density at radius 2 is 1.79 bits per heavy atom. The van der Waals surface area contributed by atoms with Crippen LogP contribution in [-0.4, -0.2) is 94.0 Å². The molecule has 4 aromatic heterocycles. The quantitative estimate of drug-likeness (QED) is 0.180. The molecule has 12 nitrogen and oxygen atoms in total. The summed E-state index contributed by atoms with van der Waals surface area (Å²) in [6, 6.07) is 13.6. The van der Waals surface area contributed by atoms with E-state index in [1.165, 1.54) is 0 Å². The number of imidazole rings is 1. The fraction of sp³-hybridized carbons (Fsp3) is 0.359. The summed E-state index contributed by atoms with van der Waals surface area (Å²) in [5.41, 5.74) is 7.00. The SMILES string of the molecule is COc1nc(-c2cccc(-c3ccnc(-c4cc(OC)c5nc(CN6CC7(C6)CN(C(C)=O)C7)cn5c4)c3Cl)c2Cl)ccc1CNCC1CCC(=O)N1. The van der Waals surface area contributed by atoms with E-state index >= 15 is 0 Å². The minimum atomic E-state index is 0.0969. The lowest BCUT2D eigenvalue weighted by Gasteiger charge is -2.60. The van der Waals surface area contributed by atoms with Crippen LogP contribution in [0.15, 0.2) is 61.1 Å². The van der Waals surface area contributed by atoms with Gasteiger partial charge in [-0.15, -0.1) is 0 Å². The average molecular weight is 756 g/mol. The third-order valence-corrected chi connectivity index (χ3v) is 11.2. The maximum absolute atomic E-state index is 11.7. The van der Waals surface area contributed by atoms with Crippen molar-refractivity contribution in [2.45, 2.75) is 38.9 Å². The molecule has 274 valence electrons. The van der Waals surface area contributed by atoms with Crippen molar-refractivity contribution >= 4 is 40.7 Å². The van der Waals surface area contributed by atoms with E-state index in [-0.39, 0.29) is 23.3 Å². The number of nitrogens with zero attached hydrogens (tertiary/aromatic N) is 6. The summed E-state index contributed by atoms with van der Waals surface area (Å²) in [6.45, 7) is 7.16. The van der Waals surface area contributed by atoms with E-state index < -0.39 is 0 Å². The number of fused-ring (bicyclic) bond motifs is 1. The number of pyridine rings is 3. The predicted molar refractivity (Wildman–Crippen MR) is 203 cm³/mol. The van der Waals surface area contributed by atoms with Gasteiger partial charge in [0.25, 0.3) is 0 Å². The van der Waals surface area contributed by atoms with E-state index in [4.69, 9.17) is 42.6 Å². The predicted octanol–water partition coefficient (Wildman–Crippen LogP) is 5.48. The molecule has 53 heavy (non-hydrogen) atoms. The van der Waals surface area contributed by atoms with Crippen LogP contribution in [0, 0.1) is 5.41 Å². The number of likely N-dealkylation sites (tertiary alicyclic amines) is 2. The Balaban J connectivity index is 1.02. The smallest absolute Gasteiger partial charge is 0.220 e. The van der Waals surface area contributed by atoms with Crippen molar-refractivity contribution < 1.29 is 19.1 Å². The molecule has 8 rings (SSSR count). The summed E-state index contributed by atoms with van der Waals surface area (Å²) < 4.78 is 13.4. The standard InChI is InChI=1S/C39H40Cl2N8O4/c1-23(50)49-21-39(22-49)19-47(20-39)17-27-18-48-16-25(13-32(52-2)37(48)45-27)36-35(41)29(11-12-43-36)28-5-4-6-30(34(28)40)31-9-7-24(38(46-31)53-3)14-42-15-26-8-10-33(51)44-26/h4-7,9,11-13,16,18,26,42H,8,10,14-15,17,19-22H2,1-3H3,(H,44,51). The van der Waals surface area contributed by atoms with Gasteiger partial charge < -0.3 is 29.4 Å². The number of amides is 2. The summed E-state index contributed by atoms with van der Waals surface area (Å²) in [5.74, 6) is 1.35. The van der Waals surface area contributed by atoms with Crippen LogP contribution in [0.4, 0.5) is 0 Å². The minimum Gasteiger partial charge on any atom is -0.493 e. The van der Waals surface area contributed by atoms with Crippen LogP contribution in [-0.2, 0) is 22.7 Å². The number of benzene rings is 1. The molecule has 2 amide bonds. The highest BCUT2D eigenvalue weighted by molar-refractivity contribution is 6.39. The Morgan fingerprint density at radius 1 is 1.00 bits per heavy atom. The number of methoxy groups -OCH3 is 2. The summed E-state index contributed by atoms with van der Waals surface area (Å²) >= 11 is 14.3. The number of nitrogens with one attached hydrogen (secondary N) is 2. The Bertz CT molecular complexity index is 2230. The molecule has 5 aromatic rings. The van der Waals surface area contributed by atoms with Crippen LogP contribution in [0.3, 0.4) is 0 Å². The monoisotopic (exact) mass is 754 g/mol. The first-order valence-corrected chi connectivity index (χ1v) is 18.4. The maximum atomic E-state index is 11.7. The molecule has 3 fully saturated rings. The van der Waals surface area contributed by atoms with Crippen molar-refractivity contribution in [1.82, 2.24) is 39.8 Å². The van der Waals surface area contributed by atoms with Gasteiger partial charge in [-0.1, -0.05) is 47.5 Å². The molecule has 3 saturated heterocycles. The summed E-state index contributed by atoms with van der Waals surface area (Å²) in [4.78, 5) is 41.8.